The minimum atomic E-state index is -0.686. The Morgan fingerprint density at radius 1 is 1.35 bits per heavy atom. The molecule has 1 aromatic carbocycles. The van der Waals surface area contributed by atoms with E-state index in [0.29, 0.717) is 29.7 Å². The fraction of sp³-hybridized carbons (Fsp3) is 0.438. The third kappa shape index (κ3) is 4.85. The van der Waals surface area contributed by atoms with Crippen molar-refractivity contribution in [2.24, 2.45) is 5.92 Å². The van der Waals surface area contributed by atoms with Crippen LogP contribution < -0.4 is 16.4 Å². The van der Waals surface area contributed by atoms with Gasteiger partial charge in [-0.2, -0.15) is 0 Å². The number of nitrogens with one attached hydrogen (secondary N) is 3. The predicted molar refractivity (Wildman–Crippen MR) is 95.4 cm³/mol. The second-order valence-electron chi connectivity index (χ2n) is 5.95. The molecule has 26 heavy (non-hydrogen) atoms. The molecule has 2 heterocycles. The second kappa shape index (κ2) is 8.68. The molecule has 0 aliphatic carbocycles. The van der Waals surface area contributed by atoms with Crippen molar-refractivity contribution in [1.82, 2.24) is 20.8 Å². The van der Waals surface area contributed by atoms with E-state index in [2.05, 4.69) is 25.3 Å². The molecule has 1 aliphatic heterocycles. The molecule has 0 spiro atoms. The van der Waals surface area contributed by atoms with Crippen LogP contribution in [-0.2, 0) is 16.0 Å². The lowest BCUT2D eigenvalue weighted by atomic mass is 9.95. The van der Waals surface area contributed by atoms with E-state index in [0.717, 1.165) is 12.1 Å². The van der Waals surface area contributed by atoms with Gasteiger partial charge in [0.2, 0.25) is 5.91 Å². The maximum Gasteiger partial charge on any atom is 0.438 e. The largest absolute Gasteiger partial charge is 0.438 e. The molecule has 1 aromatic heterocycles. The minimum Gasteiger partial charge on any atom is -0.372 e. The van der Waals surface area contributed by atoms with Gasteiger partial charge in [0.15, 0.2) is 5.82 Å². The van der Waals surface area contributed by atoms with Gasteiger partial charge >= 0.3 is 5.76 Å². The number of H-pyrrole nitrogens is 1. The van der Waals surface area contributed by atoms with Crippen LogP contribution in [-0.4, -0.2) is 42.3 Å². The number of carbonyl (C=O) groups is 1. The number of halogens is 2. The van der Waals surface area contributed by atoms with Crippen LogP contribution in [0.3, 0.4) is 0 Å². The average molecular weight is 401 g/mol. The number of amides is 1. The topological polar surface area (TPSA) is 109 Å². The number of aromatic amines is 1. The molecule has 1 saturated heterocycles. The Labute approximate surface area is 159 Å². The van der Waals surface area contributed by atoms with Gasteiger partial charge in [0.25, 0.3) is 0 Å². The Balaban J connectivity index is 1.65. The van der Waals surface area contributed by atoms with E-state index in [4.69, 9.17) is 27.9 Å². The number of benzene rings is 1. The monoisotopic (exact) mass is 400 g/mol. The van der Waals surface area contributed by atoms with Crippen LogP contribution in [0.1, 0.15) is 17.5 Å². The SMILES string of the molecule is O=C(Cc1noc(=O)[nH]1)NC[C@@H]1CNCCO[C@H]1c1ccc(Cl)c(Cl)c1. The summed E-state index contributed by atoms with van der Waals surface area (Å²) in [5, 5.41) is 10.6. The lowest BCUT2D eigenvalue weighted by Crippen LogP contribution is -2.37. The van der Waals surface area contributed by atoms with Gasteiger partial charge in [-0.05, 0) is 17.7 Å². The zero-order chi connectivity index (χ0) is 18.5. The van der Waals surface area contributed by atoms with E-state index in [-0.39, 0.29) is 30.2 Å². The van der Waals surface area contributed by atoms with Gasteiger partial charge < -0.3 is 15.4 Å². The molecule has 0 bridgehead atoms. The van der Waals surface area contributed by atoms with Crippen molar-refractivity contribution in [3.05, 3.63) is 50.2 Å². The second-order valence-corrected chi connectivity index (χ2v) is 6.77. The number of aromatic nitrogens is 2. The smallest absolute Gasteiger partial charge is 0.372 e. The molecule has 10 heteroatoms. The predicted octanol–water partition coefficient (Wildman–Crippen LogP) is 1.31. The standard InChI is InChI=1S/C16H18Cl2N4O4/c17-11-2-1-9(5-12(11)18)15-10(7-19-3-4-25-15)8-20-14(23)6-13-21-16(24)26-22-13/h1-2,5,10,15,19H,3-4,6-8H2,(H,20,23)(H,21,22,24)/t10-,15-/m0/s1. The normalized spacial score (nSPS) is 20.5. The number of hydrogen-bond donors (Lipinski definition) is 3. The molecule has 3 N–H and O–H groups in total. The first-order valence-electron chi connectivity index (χ1n) is 8.12. The number of nitrogens with zero attached hydrogens (tertiary/aromatic N) is 1. The highest BCUT2D eigenvalue weighted by atomic mass is 35.5. The van der Waals surface area contributed by atoms with E-state index in [9.17, 15) is 9.59 Å². The Hall–Kier alpha value is -1.87. The highest BCUT2D eigenvalue weighted by molar-refractivity contribution is 6.42. The van der Waals surface area contributed by atoms with E-state index in [1.807, 2.05) is 6.07 Å². The average Bonchev–Trinajstić information content (AvgIpc) is 2.88. The lowest BCUT2D eigenvalue weighted by Gasteiger charge is -2.25. The third-order valence-electron chi connectivity index (χ3n) is 4.06. The van der Waals surface area contributed by atoms with Crippen molar-refractivity contribution in [2.75, 3.05) is 26.2 Å². The summed E-state index contributed by atoms with van der Waals surface area (Å²) < 4.78 is 10.3. The van der Waals surface area contributed by atoms with Gasteiger partial charge in [-0.15, -0.1) is 0 Å². The van der Waals surface area contributed by atoms with Crippen molar-refractivity contribution < 1.29 is 14.1 Å². The zero-order valence-electron chi connectivity index (χ0n) is 13.8. The fourth-order valence-corrected chi connectivity index (χ4v) is 3.13. The highest BCUT2D eigenvalue weighted by Gasteiger charge is 2.27. The summed E-state index contributed by atoms with van der Waals surface area (Å²) in [6.07, 6.45) is -0.295. The van der Waals surface area contributed by atoms with Crippen LogP contribution in [0.5, 0.6) is 0 Å². The molecule has 1 fully saturated rings. The first-order valence-corrected chi connectivity index (χ1v) is 8.87. The molecule has 0 unspecified atom stereocenters. The molecule has 8 nitrogen and oxygen atoms in total. The number of hydrogen-bond acceptors (Lipinski definition) is 6. The Morgan fingerprint density at radius 3 is 2.92 bits per heavy atom. The maximum atomic E-state index is 12.1. The van der Waals surface area contributed by atoms with Crippen LogP contribution >= 0.6 is 23.2 Å². The molecule has 0 saturated carbocycles. The first kappa shape index (κ1) is 18.9. The minimum absolute atomic E-state index is 0.00458. The highest BCUT2D eigenvalue weighted by Crippen LogP contribution is 2.31. The van der Waals surface area contributed by atoms with Crippen LogP contribution in [0, 0.1) is 5.92 Å². The van der Waals surface area contributed by atoms with E-state index in [1.54, 1.807) is 12.1 Å². The van der Waals surface area contributed by atoms with Crippen molar-refractivity contribution in [1.29, 1.82) is 0 Å². The van der Waals surface area contributed by atoms with Gasteiger partial charge in [-0.3, -0.25) is 14.3 Å². The summed E-state index contributed by atoms with van der Waals surface area (Å²) in [5.41, 5.74) is 0.906. The number of carbonyl (C=O) groups excluding carboxylic acids is 1. The number of rotatable bonds is 5. The first-order chi connectivity index (χ1) is 12.5. The number of ether oxygens (including phenoxy) is 1. The summed E-state index contributed by atoms with van der Waals surface area (Å²) in [6, 6.07) is 5.39. The molecule has 1 aliphatic rings. The summed E-state index contributed by atoms with van der Waals surface area (Å²) in [7, 11) is 0. The van der Waals surface area contributed by atoms with Crippen molar-refractivity contribution in [3.8, 4) is 0 Å². The summed E-state index contributed by atoms with van der Waals surface area (Å²) >= 11 is 12.1. The van der Waals surface area contributed by atoms with Gasteiger partial charge in [-0.1, -0.05) is 34.4 Å². The van der Waals surface area contributed by atoms with E-state index in [1.165, 1.54) is 0 Å². The van der Waals surface area contributed by atoms with Crippen LogP contribution in [0.25, 0.3) is 0 Å². The Bertz CT molecular complexity index is 823. The van der Waals surface area contributed by atoms with Gasteiger partial charge in [0, 0.05) is 25.6 Å². The van der Waals surface area contributed by atoms with Gasteiger partial charge in [0.05, 0.1) is 29.2 Å². The molecular formula is C16H18Cl2N4O4. The van der Waals surface area contributed by atoms with Gasteiger partial charge in [-0.25, -0.2) is 4.79 Å². The summed E-state index contributed by atoms with van der Waals surface area (Å²) in [6.45, 7) is 2.34. The molecule has 1 amide bonds. The van der Waals surface area contributed by atoms with E-state index < -0.39 is 5.76 Å². The molecule has 2 aromatic rings. The Kier molecular flexibility index (Phi) is 6.31. The van der Waals surface area contributed by atoms with E-state index >= 15 is 0 Å². The van der Waals surface area contributed by atoms with Crippen LogP contribution in [0.15, 0.2) is 27.5 Å². The molecule has 3 rings (SSSR count). The Morgan fingerprint density at radius 2 is 2.19 bits per heavy atom. The summed E-state index contributed by atoms with van der Waals surface area (Å²) in [4.78, 5) is 25.3. The van der Waals surface area contributed by atoms with Gasteiger partial charge in [0.1, 0.15) is 0 Å². The fourth-order valence-electron chi connectivity index (χ4n) is 2.82. The summed E-state index contributed by atoms with van der Waals surface area (Å²) in [5.74, 6) is -0.778. The third-order valence-corrected chi connectivity index (χ3v) is 4.80. The van der Waals surface area contributed by atoms with Crippen LogP contribution in [0.2, 0.25) is 10.0 Å². The van der Waals surface area contributed by atoms with Crippen molar-refractivity contribution in [3.63, 3.8) is 0 Å². The molecular weight excluding hydrogens is 383 g/mol. The molecule has 0 radical (unpaired) electrons. The molecule has 140 valence electrons. The molecule has 2 atom stereocenters. The zero-order valence-corrected chi connectivity index (χ0v) is 15.3. The quantitative estimate of drug-likeness (QED) is 0.697. The van der Waals surface area contributed by atoms with Crippen LogP contribution in [0.4, 0.5) is 0 Å². The maximum absolute atomic E-state index is 12.1. The van der Waals surface area contributed by atoms with Crippen molar-refractivity contribution in [2.45, 2.75) is 12.5 Å². The van der Waals surface area contributed by atoms with Crippen molar-refractivity contribution >= 4 is 29.1 Å². The lowest BCUT2D eigenvalue weighted by molar-refractivity contribution is -0.121.